The van der Waals surface area contributed by atoms with Crippen molar-refractivity contribution in [3.63, 3.8) is 0 Å². The summed E-state index contributed by atoms with van der Waals surface area (Å²) in [5.41, 5.74) is 5.37. The molecule has 0 spiro atoms. The summed E-state index contributed by atoms with van der Waals surface area (Å²) in [5, 5.41) is 10.6. The zero-order chi connectivity index (χ0) is 18.1. The first-order valence-corrected chi connectivity index (χ1v) is 9.14. The van der Waals surface area contributed by atoms with E-state index in [9.17, 15) is 4.79 Å². The second kappa shape index (κ2) is 6.98. The average molecular weight is 375 g/mol. The van der Waals surface area contributed by atoms with Crippen molar-refractivity contribution in [2.45, 2.75) is 34.1 Å². The van der Waals surface area contributed by atoms with Gasteiger partial charge in [0.25, 0.3) is 0 Å². The van der Waals surface area contributed by atoms with Gasteiger partial charge in [0.2, 0.25) is 11.0 Å². The molecule has 3 rings (SSSR count). The number of aromatic nitrogens is 3. The second-order valence-corrected chi connectivity index (χ2v) is 7.28. The highest BCUT2D eigenvalue weighted by atomic mass is 35.5. The third-order valence-corrected chi connectivity index (χ3v) is 5.33. The van der Waals surface area contributed by atoms with Crippen LogP contribution >= 0.6 is 22.9 Å². The van der Waals surface area contributed by atoms with Crippen LogP contribution < -0.4 is 5.32 Å². The zero-order valence-electron chi connectivity index (χ0n) is 14.6. The maximum Gasteiger partial charge on any atom is 0.230 e. The van der Waals surface area contributed by atoms with Crippen LogP contribution in [0.4, 0.5) is 5.69 Å². The highest BCUT2D eigenvalue weighted by Gasteiger charge is 2.15. The maximum absolute atomic E-state index is 12.3. The number of aryl methyl sites for hydroxylation is 3. The smallest absolute Gasteiger partial charge is 0.230 e. The van der Waals surface area contributed by atoms with Crippen LogP contribution in [0.25, 0.3) is 5.13 Å². The van der Waals surface area contributed by atoms with E-state index in [0.717, 1.165) is 22.6 Å². The van der Waals surface area contributed by atoms with Crippen molar-refractivity contribution in [3.8, 4) is 5.13 Å². The molecule has 25 heavy (non-hydrogen) atoms. The van der Waals surface area contributed by atoms with Gasteiger partial charge >= 0.3 is 0 Å². The van der Waals surface area contributed by atoms with E-state index in [1.165, 1.54) is 16.9 Å². The van der Waals surface area contributed by atoms with Crippen molar-refractivity contribution in [1.29, 1.82) is 0 Å². The minimum absolute atomic E-state index is 0.0878. The van der Waals surface area contributed by atoms with Crippen LogP contribution in [0.3, 0.4) is 0 Å². The third kappa shape index (κ3) is 3.75. The maximum atomic E-state index is 12.3. The number of carbonyl (C=O) groups excluding carboxylic acids is 1. The summed E-state index contributed by atoms with van der Waals surface area (Å²) < 4.78 is 1.72. The molecule has 2 heterocycles. The normalized spacial score (nSPS) is 10.9. The number of hydrogen-bond acceptors (Lipinski definition) is 4. The Hall–Kier alpha value is -2.18. The van der Waals surface area contributed by atoms with Crippen molar-refractivity contribution in [3.05, 3.63) is 56.8 Å². The molecule has 0 aliphatic carbocycles. The van der Waals surface area contributed by atoms with Gasteiger partial charge in [-0.15, -0.1) is 11.3 Å². The number of rotatable bonds is 4. The molecule has 0 atom stereocenters. The number of thiazole rings is 1. The fourth-order valence-electron chi connectivity index (χ4n) is 2.60. The Morgan fingerprint density at radius 2 is 2.04 bits per heavy atom. The minimum Gasteiger partial charge on any atom is -0.326 e. The predicted octanol–water partition coefficient (Wildman–Crippen LogP) is 4.40. The summed E-state index contributed by atoms with van der Waals surface area (Å²) >= 11 is 7.63. The van der Waals surface area contributed by atoms with Crippen LogP contribution in [0.2, 0.25) is 5.02 Å². The van der Waals surface area contributed by atoms with E-state index in [-0.39, 0.29) is 12.3 Å². The molecule has 2 aromatic heterocycles. The van der Waals surface area contributed by atoms with Crippen molar-refractivity contribution < 1.29 is 4.79 Å². The van der Waals surface area contributed by atoms with Crippen molar-refractivity contribution in [2.75, 3.05) is 5.32 Å². The molecular formula is C18H19ClN4OS. The summed E-state index contributed by atoms with van der Waals surface area (Å²) in [6, 6.07) is 5.95. The molecule has 0 saturated heterocycles. The van der Waals surface area contributed by atoms with Gasteiger partial charge in [-0.05, 0) is 39.3 Å². The lowest BCUT2D eigenvalue weighted by atomic mass is 10.1. The van der Waals surface area contributed by atoms with E-state index in [2.05, 4.69) is 15.4 Å². The summed E-state index contributed by atoms with van der Waals surface area (Å²) in [6.45, 7) is 7.77. The van der Waals surface area contributed by atoms with Gasteiger partial charge in [0.15, 0.2) is 0 Å². The molecular weight excluding hydrogens is 356 g/mol. The van der Waals surface area contributed by atoms with Gasteiger partial charge in [-0.2, -0.15) is 5.10 Å². The van der Waals surface area contributed by atoms with E-state index in [1.807, 2.05) is 51.3 Å². The Bertz CT molecular complexity index is 945. The summed E-state index contributed by atoms with van der Waals surface area (Å²) in [5.74, 6) is -0.0878. The molecule has 0 bridgehead atoms. The van der Waals surface area contributed by atoms with Gasteiger partial charge in [-0.3, -0.25) is 4.79 Å². The second-order valence-electron chi connectivity index (χ2n) is 6.06. The van der Waals surface area contributed by atoms with Crippen LogP contribution in [-0.4, -0.2) is 20.7 Å². The molecule has 130 valence electrons. The molecule has 0 aliphatic heterocycles. The first-order chi connectivity index (χ1) is 11.8. The Labute approximate surface area is 155 Å². The first kappa shape index (κ1) is 17.6. The Morgan fingerprint density at radius 1 is 1.28 bits per heavy atom. The van der Waals surface area contributed by atoms with Crippen molar-refractivity contribution in [1.82, 2.24) is 14.8 Å². The number of nitrogens with one attached hydrogen (secondary N) is 1. The molecule has 0 radical (unpaired) electrons. The molecule has 0 saturated carbocycles. The van der Waals surface area contributed by atoms with Crippen LogP contribution in [-0.2, 0) is 11.2 Å². The van der Waals surface area contributed by atoms with E-state index in [4.69, 9.17) is 11.6 Å². The summed E-state index contributed by atoms with van der Waals surface area (Å²) in [6.07, 6.45) is 0.219. The molecule has 0 unspecified atom stereocenters. The Kier molecular flexibility index (Phi) is 4.92. The quantitative estimate of drug-likeness (QED) is 0.736. The fraction of sp³-hybridized carbons (Fsp3) is 0.278. The van der Waals surface area contributed by atoms with E-state index in [1.54, 1.807) is 4.68 Å². The topological polar surface area (TPSA) is 59.8 Å². The number of anilines is 1. The van der Waals surface area contributed by atoms with Crippen LogP contribution in [0.1, 0.15) is 28.2 Å². The Balaban J connectivity index is 1.72. The number of benzene rings is 1. The van der Waals surface area contributed by atoms with Gasteiger partial charge in [0.05, 0.1) is 28.5 Å². The van der Waals surface area contributed by atoms with E-state index < -0.39 is 0 Å². The predicted molar refractivity (Wildman–Crippen MR) is 102 cm³/mol. The van der Waals surface area contributed by atoms with Crippen molar-refractivity contribution >= 4 is 34.5 Å². The lowest BCUT2D eigenvalue weighted by molar-refractivity contribution is -0.115. The molecule has 1 N–H and O–H groups in total. The van der Waals surface area contributed by atoms with Gasteiger partial charge < -0.3 is 5.32 Å². The van der Waals surface area contributed by atoms with Crippen molar-refractivity contribution in [2.24, 2.45) is 0 Å². The van der Waals surface area contributed by atoms with Crippen LogP contribution in [0, 0.1) is 27.7 Å². The molecule has 1 aromatic carbocycles. The van der Waals surface area contributed by atoms with E-state index >= 15 is 0 Å². The monoisotopic (exact) mass is 374 g/mol. The zero-order valence-corrected chi connectivity index (χ0v) is 16.1. The lowest BCUT2D eigenvalue weighted by Gasteiger charge is -2.08. The molecule has 7 heteroatoms. The van der Waals surface area contributed by atoms with Gasteiger partial charge in [0.1, 0.15) is 0 Å². The van der Waals surface area contributed by atoms with Crippen LogP contribution in [0.15, 0.2) is 23.6 Å². The summed E-state index contributed by atoms with van der Waals surface area (Å²) in [4.78, 5) is 16.8. The molecule has 3 aromatic rings. The first-order valence-electron chi connectivity index (χ1n) is 7.88. The standard InChI is InChI=1S/C18H19ClN4OS/c1-10-5-6-15(11(2)7-10)21-16(24)8-14-9-25-18(20-14)23-13(4)17(19)12(3)22-23/h5-7,9H,8H2,1-4H3,(H,21,24). The highest BCUT2D eigenvalue weighted by Crippen LogP contribution is 2.24. The molecule has 0 aliphatic rings. The lowest BCUT2D eigenvalue weighted by Crippen LogP contribution is -2.15. The largest absolute Gasteiger partial charge is 0.326 e. The highest BCUT2D eigenvalue weighted by molar-refractivity contribution is 7.12. The molecule has 5 nitrogen and oxygen atoms in total. The Morgan fingerprint density at radius 3 is 2.68 bits per heavy atom. The number of amides is 1. The third-order valence-electron chi connectivity index (χ3n) is 3.92. The fourth-order valence-corrected chi connectivity index (χ4v) is 3.54. The van der Waals surface area contributed by atoms with E-state index in [0.29, 0.717) is 15.8 Å². The number of carbonyl (C=O) groups is 1. The molecule has 0 fully saturated rings. The summed E-state index contributed by atoms with van der Waals surface area (Å²) in [7, 11) is 0. The number of halogens is 1. The average Bonchev–Trinajstić information content (AvgIpc) is 3.10. The van der Waals surface area contributed by atoms with Crippen LogP contribution in [0.5, 0.6) is 0 Å². The van der Waals surface area contributed by atoms with Gasteiger partial charge in [-0.1, -0.05) is 29.3 Å². The van der Waals surface area contributed by atoms with Gasteiger partial charge in [-0.25, -0.2) is 9.67 Å². The SMILES string of the molecule is Cc1ccc(NC(=O)Cc2csc(-n3nc(C)c(Cl)c3C)n2)c(C)c1. The number of hydrogen-bond donors (Lipinski definition) is 1. The minimum atomic E-state index is -0.0878. The molecule has 1 amide bonds. The van der Waals surface area contributed by atoms with Gasteiger partial charge in [0, 0.05) is 11.1 Å². The number of nitrogens with zero attached hydrogens (tertiary/aromatic N) is 3.